The van der Waals surface area contributed by atoms with Crippen molar-refractivity contribution in [2.24, 2.45) is 0 Å². The van der Waals surface area contributed by atoms with Crippen LogP contribution in [-0.2, 0) is 10.0 Å². The number of benzene rings is 2. The number of alkyl halides is 2. The van der Waals surface area contributed by atoms with Crippen LogP contribution in [0.4, 0.5) is 32.6 Å². The Morgan fingerprint density at radius 2 is 1.81 bits per heavy atom. The zero-order valence-corrected chi connectivity index (χ0v) is 19.7. The molecule has 2 aromatic carbocycles. The van der Waals surface area contributed by atoms with E-state index >= 15 is 8.78 Å². The number of nitrogens with one attached hydrogen (secondary N) is 1. The second-order valence-electron chi connectivity index (χ2n) is 8.75. The SMILES string of the molecule is CCS(=O)(=O)N[C@@H]1CN2C(=O)N(c3noc4cc(C)cc(-c5c(F)cc(F)cc5F)c34)C[C@@H]2C1(F)F. The highest BCUT2D eigenvalue weighted by molar-refractivity contribution is 7.89. The summed E-state index contributed by atoms with van der Waals surface area (Å²) in [4.78, 5) is 14.9. The van der Waals surface area contributed by atoms with Crippen LogP contribution >= 0.6 is 0 Å². The van der Waals surface area contributed by atoms with Crippen molar-refractivity contribution in [2.45, 2.75) is 31.9 Å². The Kier molecular flexibility index (Phi) is 5.52. The monoisotopic (exact) mass is 530 g/mol. The molecule has 8 nitrogen and oxygen atoms in total. The fourth-order valence-corrected chi connectivity index (χ4v) is 5.52. The van der Waals surface area contributed by atoms with Gasteiger partial charge in [0.15, 0.2) is 11.4 Å². The lowest BCUT2D eigenvalue weighted by molar-refractivity contribution is -0.0324. The third kappa shape index (κ3) is 3.70. The predicted molar refractivity (Wildman–Crippen MR) is 119 cm³/mol. The quantitative estimate of drug-likeness (QED) is 0.507. The van der Waals surface area contributed by atoms with E-state index < -0.39 is 75.9 Å². The number of aryl methyl sites for hydroxylation is 1. The molecule has 1 N–H and O–H groups in total. The van der Waals surface area contributed by atoms with Crippen LogP contribution in [0.5, 0.6) is 0 Å². The summed E-state index contributed by atoms with van der Waals surface area (Å²) in [6.45, 7) is 1.74. The first-order valence-electron chi connectivity index (χ1n) is 10.8. The van der Waals surface area contributed by atoms with Crippen LogP contribution in [0.25, 0.3) is 22.1 Å². The van der Waals surface area contributed by atoms with Gasteiger partial charge in [0.25, 0.3) is 5.92 Å². The van der Waals surface area contributed by atoms with Crippen molar-refractivity contribution in [1.29, 1.82) is 0 Å². The molecule has 5 rings (SSSR count). The zero-order valence-electron chi connectivity index (χ0n) is 18.9. The van der Waals surface area contributed by atoms with E-state index in [1.807, 2.05) is 4.72 Å². The van der Waals surface area contributed by atoms with Crippen molar-refractivity contribution in [3.63, 3.8) is 0 Å². The van der Waals surface area contributed by atoms with Gasteiger partial charge >= 0.3 is 6.03 Å². The first-order chi connectivity index (χ1) is 16.8. The lowest BCUT2D eigenvalue weighted by atomic mass is 9.98. The number of fused-ring (bicyclic) bond motifs is 2. The van der Waals surface area contributed by atoms with Gasteiger partial charge in [-0.3, -0.25) is 4.90 Å². The Balaban J connectivity index is 1.58. The summed E-state index contributed by atoms with van der Waals surface area (Å²) in [7, 11) is -3.97. The molecule has 2 saturated heterocycles. The van der Waals surface area contributed by atoms with Gasteiger partial charge in [-0.05, 0) is 25.5 Å². The molecule has 3 aromatic rings. The summed E-state index contributed by atoms with van der Waals surface area (Å²) >= 11 is 0. The second-order valence-corrected chi connectivity index (χ2v) is 10.8. The topological polar surface area (TPSA) is 95.8 Å². The van der Waals surface area contributed by atoms with Crippen molar-refractivity contribution in [2.75, 3.05) is 23.7 Å². The van der Waals surface area contributed by atoms with Crippen molar-refractivity contribution < 1.29 is 39.7 Å². The molecule has 36 heavy (non-hydrogen) atoms. The number of aromatic nitrogens is 1. The van der Waals surface area contributed by atoms with E-state index in [4.69, 9.17) is 4.52 Å². The number of urea groups is 1. The molecule has 0 radical (unpaired) electrons. The minimum absolute atomic E-state index is 0.0221. The third-order valence-corrected chi connectivity index (χ3v) is 7.83. The van der Waals surface area contributed by atoms with E-state index in [1.54, 1.807) is 6.92 Å². The number of carbonyl (C=O) groups is 1. The fourth-order valence-electron chi connectivity index (χ4n) is 4.69. The number of hydrogen-bond acceptors (Lipinski definition) is 5. The summed E-state index contributed by atoms with van der Waals surface area (Å²) in [5, 5.41) is 3.80. The Morgan fingerprint density at radius 1 is 1.14 bits per heavy atom. The average molecular weight is 530 g/mol. The number of halogens is 5. The molecular formula is C22H19F5N4O4S. The summed E-state index contributed by atoms with van der Waals surface area (Å²) in [6, 6.07) is -0.541. The smallest absolute Gasteiger partial charge is 0.326 e. The van der Waals surface area contributed by atoms with Gasteiger partial charge < -0.3 is 9.42 Å². The normalized spacial score (nSPS) is 21.6. The molecule has 2 aliphatic rings. The molecule has 0 unspecified atom stereocenters. The summed E-state index contributed by atoms with van der Waals surface area (Å²) in [6.07, 6.45) is 0. The molecule has 0 saturated carbocycles. The highest BCUT2D eigenvalue weighted by Gasteiger charge is 2.63. The Labute approximate surface area is 201 Å². The highest BCUT2D eigenvalue weighted by atomic mass is 32.2. The molecule has 1 aromatic heterocycles. The van der Waals surface area contributed by atoms with Crippen LogP contribution in [0.1, 0.15) is 12.5 Å². The highest BCUT2D eigenvalue weighted by Crippen LogP contribution is 2.44. The van der Waals surface area contributed by atoms with E-state index in [9.17, 15) is 26.4 Å². The van der Waals surface area contributed by atoms with E-state index in [0.29, 0.717) is 17.7 Å². The van der Waals surface area contributed by atoms with E-state index in [1.165, 1.54) is 19.1 Å². The molecule has 2 atom stereocenters. The Bertz CT molecular complexity index is 1490. The largest absolute Gasteiger partial charge is 0.354 e. The molecule has 0 spiro atoms. The minimum Gasteiger partial charge on any atom is -0.354 e. The van der Waals surface area contributed by atoms with Gasteiger partial charge in [-0.25, -0.2) is 39.9 Å². The predicted octanol–water partition coefficient (Wildman–Crippen LogP) is 3.79. The van der Waals surface area contributed by atoms with Crippen molar-refractivity contribution in [1.82, 2.24) is 14.8 Å². The Morgan fingerprint density at radius 3 is 2.42 bits per heavy atom. The average Bonchev–Trinajstić information content (AvgIpc) is 3.40. The van der Waals surface area contributed by atoms with E-state index in [0.717, 1.165) is 9.80 Å². The lowest BCUT2D eigenvalue weighted by Gasteiger charge is -2.23. The first kappa shape index (κ1) is 24.4. The maximum absolute atomic E-state index is 15.1. The summed E-state index contributed by atoms with van der Waals surface area (Å²) in [5.41, 5.74) is -0.157. The van der Waals surface area contributed by atoms with Gasteiger partial charge in [0.05, 0.1) is 23.2 Å². The van der Waals surface area contributed by atoms with E-state index in [-0.39, 0.29) is 22.4 Å². The standard InChI is InChI=1S/C22H19F5N4O4S/c1-3-36(33,34)29-16-8-30-17(22(16,26)27)9-31(21(30)32)20-19-12(4-10(2)5-15(19)35-28-20)18-13(24)6-11(23)7-14(18)25/h4-7,16-17,29H,3,8-9H2,1-2H3/t16-,17-/m1/s1. The van der Waals surface area contributed by atoms with Crippen molar-refractivity contribution >= 4 is 32.8 Å². The number of amides is 2. The summed E-state index contributed by atoms with van der Waals surface area (Å²) in [5.74, 6) is -7.82. The van der Waals surface area contributed by atoms with Crippen molar-refractivity contribution in [3.05, 3.63) is 47.3 Å². The number of rotatable bonds is 5. The van der Waals surface area contributed by atoms with Gasteiger partial charge in [0.2, 0.25) is 10.0 Å². The van der Waals surface area contributed by atoms with Gasteiger partial charge in [-0.2, -0.15) is 0 Å². The van der Waals surface area contributed by atoms with Gasteiger partial charge in [-0.15, -0.1) is 0 Å². The maximum atomic E-state index is 15.1. The number of carbonyl (C=O) groups excluding carboxylic acids is 1. The molecule has 0 bridgehead atoms. The van der Waals surface area contributed by atoms with Gasteiger partial charge in [-0.1, -0.05) is 11.2 Å². The van der Waals surface area contributed by atoms with Gasteiger partial charge in [0, 0.05) is 24.2 Å². The molecule has 2 amide bonds. The fraction of sp³-hybridized carbons (Fsp3) is 0.364. The number of sulfonamides is 1. The number of hydrogen-bond donors (Lipinski definition) is 1. The number of anilines is 1. The number of nitrogens with zero attached hydrogens (tertiary/aromatic N) is 3. The van der Waals surface area contributed by atoms with Crippen molar-refractivity contribution in [3.8, 4) is 11.1 Å². The van der Waals surface area contributed by atoms with Gasteiger partial charge in [0.1, 0.15) is 29.5 Å². The molecule has 14 heteroatoms. The Hall–Kier alpha value is -3.26. The molecule has 2 aliphatic heterocycles. The molecular weight excluding hydrogens is 511 g/mol. The lowest BCUT2D eigenvalue weighted by Crippen LogP contribution is -2.51. The van der Waals surface area contributed by atoms with Crippen LogP contribution in [0.15, 0.2) is 28.8 Å². The second kappa shape index (κ2) is 8.13. The molecule has 3 heterocycles. The summed E-state index contributed by atoms with van der Waals surface area (Å²) < 4.78 is 104. The zero-order chi connectivity index (χ0) is 26.2. The molecule has 2 fully saturated rings. The molecule has 192 valence electrons. The molecule has 0 aliphatic carbocycles. The van der Waals surface area contributed by atoms with Crippen LogP contribution < -0.4 is 9.62 Å². The minimum atomic E-state index is -3.97. The third-order valence-electron chi connectivity index (χ3n) is 6.43. The van der Waals surface area contributed by atoms with E-state index in [2.05, 4.69) is 5.16 Å². The first-order valence-corrected chi connectivity index (χ1v) is 12.5. The maximum Gasteiger partial charge on any atom is 0.326 e. The van der Waals surface area contributed by atoms with Crippen LogP contribution in [-0.4, -0.2) is 61.4 Å². The van der Waals surface area contributed by atoms with Crippen LogP contribution in [0.3, 0.4) is 0 Å². The van der Waals surface area contributed by atoms with Crippen LogP contribution in [0, 0.1) is 24.4 Å². The van der Waals surface area contributed by atoms with Crippen LogP contribution in [0.2, 0.25) is 0 Å².